The van der Waals surface area contributed by atoms with Crippen molar-refractivity contribution in [2.45, 2.75) is 57.6 Å². The maximum atomic E-state index is 13.9. The van der Waals surface area contributed by atoms with Crippen molar-refractivity contribution < 1.29 is 22.4 Å². The summed E-state index contributed by atoms with van der Waals surface area (Å²) in [6.45, 7) is 6.43. The molecule has 214 valence electrons. The number of anilines is 1. The average Bonchev–Trinajstić information content (AvgIpc) is 2.91. The molecule has 3 aromatic rings. The molecule has 0 aliphatic heterocycles. The van der Waals surface area contributed by atoms with E-state index >= 15 is 0 Å². The van der Waals surface area contributed by atoms with Crippen molar-refractivity contribution in [2.24, 2.45) is 0 Å². The van der Waals surface area contributed by atoms with Crippen molar-refractivity contribution in [1.82, 2.24) is 10.2 Å². The minimum Gasteiger partial charge on any atom is -0.352 e. The number of hydrogen-bond acceptors (Lipinski definition) is 4. The van der Waals surface area contributed by atoms with Gasteiger partial charge in [0.05, 0.1) is 10.6 Å². The molecular formula is C29H32Cl2FN3O4S. The number of hydrogen-bond donors (Lipinski definition) is 1. The molecule has 3 aromatic carbocycles. The molecule has 0 spiro atoms. The quantitative estimate of drug-likeness (QED) is 0.291. The van der Waals surface area contributed by atoms with Crippen molar-refractivity contribution in [3.05, 3.63) is 93.7 Å². The predicted molar refractivity (Wildman–Crippen MR) is 156 cm³/mol. The van der Waals surface area contributed by atoms with E-state index in [1.165, 1.54) is 35.2 Å². The molecule has 2 unspecified atom stereocenters. The summed E-state index contributed by atoms with van der Waals surface area (Å²) in [5.74, 6) is -1.61. The fourth-order valence-corrected chi connectivity index (χ4v) is 5.74. The van der Waals surface area contributed by atoms with Gasteiger partial charge in [-0.1, -0.05) is 53.9 Å². The predicted octanol–water partition coefficient (Wildman–Crippen LogP) is 5.97. The topological polar surface area (TPSA) is 86.8 Å². The highest BCUT2D eigenvalue weighted by Crippen LogP contribution is 2.27. The summed E-state index contributed by atoms with van der Waals surface area (Å²) in [7, 11) is -4.25. The Kier molecular flexibility index (Phi) is 10.6. The second-order valence-corrected chi connectivity index (χ2v) is 12.3. The Morgan fingerprint density at radius 2 is 1.60 bits per heavy atom. The maximum absolute atomic E-state index is 13.9. The van der Waals surface area contributed by atoms with Gasteiger partial charge in [-0.05, 0) is 81.3 Å². The summed E-state index contributed by atoms with van der Waals surface area (Å²) in [6.07, 6.45) is 0.683. The number of carbonyl (C=O) groups is 2. The van der Waals surface area contributed by atoms with Crippen molar-refractivity contribution in [2.75, 3.05) is 10.8 Å². The number of nitrogens with zero attached hydrogens (tertiary/aromatic N) is 2. The van der Waals surface area contributed by atoms with Crippen LogP contribution in [0.4, 0.5) is 10.1 Å². The summed E-state index contributed by atoms with van der Waals surface area (Å²) in [6, 6.07) is 14.7. The van der Waals surface area contributed by atoms with Crippen LogP contribution >= 0.6 is 23.2 Å². The molecule has 3 rings (SSSR count). The summed E-state index contributed by atoms with van der Waals surface area (Å²) < 4.78 is 42.2. The Bertz CT molecular complexity index is 1450. The zero-order chi connectivity index (χ0) is 29.6. The standard InChI is InChI=1S/C29H32Cl2FN3O4S/c1-5-20(3)33-29(37)21(4)34(17-22-8-9-23(30)16-27(22)31)28(36)18-35(25-12-10-24(32)11-13-25)40(38,39)26-14-6-19(2)7-15-26/h6-16,20-21H,5,17-18H2,1-4H3,(H,33,37). The van der Waals surface area contributed by atoms with Crippen LogP contribution in [0.2, 0.25) is 10.0 Å². The lowest BCUT2D eigenvalue weighted by molar-refractivity contribution is -0.139. The van der Waals surface area contributed by atoms with E-state index in [1.54, 1.807) is 31.2 Å². The lowest BCUT2D eigenvalue weighted by atomic mass is 10.1. The average molecular weight is 609 g/mol. The number of halogens is 3. The van der Waals surface area contributed by atoms with E-state index < -0.39 is 40.2 Å². The van der Waals surface area contributed by atoms with Gasteiger partial charge in [-0.15, -0.1) is 0 Å². The number of aryl methyl sites for hydroxylation is 1. The molecule has 40 heavy (non-hydrogen) atoms. The Hall–Kier alpha value is -3.14. The molecule has 0 saturated carbocycles. The van der Waals surface area contributed by atoms with Gasteiger partial charge in [0, 0.05) is 22.6 Å². The molecule has 11 heteroatoms. The second kappa shape index (κ2) is 13.5. The SMILES string of the molecule is CCC(C)NC(=O)C(C)N(Cc1ccc(Cl)cc1Cl)C(=O)CN(c1ccc(F)cc1)S(=O)(=O)c1ccc(C)cc1. The van der Waals surface area contributed by atoms with Gasteiger partial charge in [0.1, 0.15) is 18.4 Å². The largest absolute Gasteiger partial charge is 0.352 e. The monoisotopic (exact) mass is 607 g/mol. The van der Waals surface area contributed by atoms with Crippen molar-refractivity contribution in [3.63, 3.8) is 0 Å². The van der Waals surface area contributed by atoms with Crippen molar-refractivity contribution >= 4 is 50.7 Å². The number of sulfonamides is 1. The molecule has 2 atom stereocenters. The molecule has 0 fully saturated rings. The van der Waals surface area contributed by atoms with Crippen LogP contribution in [0.3, 0.4) is 0 Å². The van der Waals surface area contributed by atoms with Gasteiger partial charge >= 0.3 is 0 Å². The van der Waals surface area contributed by atoms with Gasteiger partial charge in [0.15, 0.2) is 0 Å². The van der Waals surface area contributed by atoms with Crippen LogP contribution in [0.15, 0.2) is 71.6 Å². The van der Waals surface area contributed by atoms with E-state index in [4.69, 9.17) is 23.2 Å². The van der Waals surface area contributed by atoms with E-state index in [2.05, 4.69) is 5.32 Å². The molecule has 7 nitrogen and oxygen atoms in total. The van der Waals surface area contributed by atoms with Gasteiger partial charge in [-0.25, -0.2) is 12.8 Å². The Labute approximate surface area is 244 Å². The van der Waals surface area contributed by atoms with E-state index in [-0.39, 0.29) is 23.2 Å². The number of amides is 2. The van der Waals surface area contributed by atoms with Crippen LogP contribution in [0.25, 0.3) is 0 Å². The first-order valence-corrected chi connectivity index (χ1v) is 14.9. The zero-order valence-electron chi connectivity index (χ0n) is 22.7. The molecule has 1 N–H and O–H groups in total. The van der Waals surface area contributed by atoms with Gasteiger partial charge in [0.2, 0.25) is 11.8 Å². The highest BCUT2D eigenvalue weighted by atomic mass is 35.5. The van der Waals surface area contributed by atoms with Crippen LogP contribution < -0.4 is 9.62 Å². The third-order valence-electron chi connectivity index (χ3n) is 6.53. The highest BCUT2D eigenvalue weighted by molar-refractivity contribution is 7.92. The van der Waals surface area contributed by atoms with E-state index in [9.17, 15) is 22.4 Å². The molecule has 0 bridgehead atoms. The normalized spacial score (nSPS) is 12.9. The minimum absolute atomic E-state index is 0.0370. The smallest absolute Gasteiger partial charge is 0.264 e. The Balaban J connectivity index is 2.04. The summed E-state index contributed by atoms with van der Waals surface area (Å²) in [4.78, 5) is 28.2. The zero-order valence-corrected chi connectivity index (χ0v) is 25.0. The van der Waals surface area contributed by atoms with E-state index in [1.807, 2.05) is 20.8 Å². The molecule has 0 aliphatic carbocycles. The van der Waals surface area contributed by atoms with Crippen molar-refractivity contribution in [1.29, 1.82) is 0 Å². The van der Waals surface area contributed by atoms with Crippen LogP contribution in [-0.2, 0) is 26.2 Å². The number of rotatable bonds is 11. The van der Waals surface area contributed by atoms with E-state index in [0.717, 1.165) is 22.0 Å². The van der Waals surface area contributed by atoms with Crippen LogP contribution in [0, 0.1) is 12.7 Å². The molecule has 0 aliphatic rings. The summed E-state index contributed by atoms with van der Waals surface area (Å²) in [5, 5.41) is 3.56. The third-order valence-corrected chi connectivity index (χ3v) is 8.90. The van der Waals surface area contributed by atoms with Crippen molar-refractivity contribution in [3.8, 4) is 0 Å². The first-order chi connectivity index (χ1) is 18.8. The first kappa shape index (κ1) is 31.4. The van der Waals surface area contributed by atoms with Gasteiger partial charge in [-0.2, -0.15) is 0 Å². The second-order valence-electron chi connectivity index (χ2n) is 9.55. The number of benzene rings is 3. The molecule has 2 amide bonds. The lowest BCUT2D eigenvalue weighted by Crippen LogP contribution is -2.52. The van der Waals surface area contributed by atoms with E-state index in [0.29, 0.717) is 22.0 Å². The first-order valence-electron chi connectivity index (χ1n) is 12.7. The molecular weight excluding hydrogens is 576 g/mol. The third kappa shape index (κ3) is 7.74. The van der Waals surface area contributed by atoms with Gasteiger partial charge in [0.25, 0.3) is 10.0 Å². The van der Waals surface area contributed by atoms with Crippen LogP contribution in [-0.4, -0.2) is 43.8 Å². The summed E-state index contributed by atoms with van der Waals surface area (Å²) in [5.41, 5.74) is 1.48. The summed E-state index contributed by atoms with van der Waals surface area (Å²) >= 11 is 12.4. The fourth-order valence-electron chi connectivity index (χ4n) is 3.86. The molecule has 0 aromatic heterocycles. The number of carbonyl (C=O) groups excluding carboxylic acids is 2. The molecule has 0 radical (unpaired) electrons. The lowest BCUT2D eigenvalue weighted by Gasteiger charge is -2.32. The number of nitrogens with one attached hydrogen (secondary N) is 1. The highest BCUT2D eigenvalue weighted by Gasteiger charge is 2.33. The van der Waals surface area contributed by atoms with Gasteiger partial charge < -0.3 is 10.2 Å². The fraction of sp³-hybridized carbons (Fsp3) is 0.310. The van der Waals surface area contributed by atoms with Crippen LogP contribution in [0.5, 0.6) is 0 Å². The van der Waals surface area contributed by atoms with Crippen LogP contribution in [0.1, 0.15) is 38.3 Å². The van der Waals surface area contributed by atoms with Gasteiger partial charge in [-0.3, -0.25) is 13.9 Å². The molecule has 0 saturated heterocycles. The molecule has 0 heterocycles. The Morgan fingerprint density at radius 3 is 2.17 bits per heavy atom. The maximum Gasteiger partial charge on any atom is 0.264 e. The minimum atomic E-state index is -4.25. The Morgan fingerprint density at radius 1 is 0.975 bits per heavy atom.